The molecule has 0 aromatic carbocycles. The number of rotatable bonds is 4. The Kier molecular flexibility index (Phi) is 4.20. The molecule has 2 unspecified atom stereocenters. The van der Waals surface area contributed by atoms with E-state index in [9.17, 15) is 5.11 Å². The minimum Gasteiger partial charge on any atom is -0.393 e. The molecule has 1 aliphatic carbocycles. The third-order valence-electron chi connectivity index (χ3n) is 3.54. The lowest BCUT2D eigenvalue weighted by Gasteiger charge is -2.41. The third-order valence-corrected chi connectivity index (χ3v) is 3.54. The summed E-state index contributed by atoms with van der Waals surface area (Å²) >= 11 is 0. The van der Waals surface area contributed by atoms with Gasteiger partial charge in [0.2, 0.25) is 0 Å². The highest BCUT2D eigenvalue weighted by Crippen LogP contribution is 2.39. The van der Waals surface area contributed by atoms with Crippen molar-refractivity contribution in [3.63, 3.8) is 0 Å². The summed E-state index contributed by atoms with van der Waals surface area (Å²) in [7, 11) is 0. The maximum atomic E-state index is 9.97. The highest BCUT2D eigenvalue weighted by atomic mass is 16.3. The summed E-state index contributed by atoms with van der Waals surface area (Å²) in [5.74, 6) is 0. The molecule has 0 saturated heterocycles. The van der Waals surface area contributed by atoms with Crippen LogP contribution in [-0.4, -0.2) is 17.8 Å². The lowest BCUT2D eigenvalue weighted by molar-refractivity contribution is -0.0131. The van der Waals surface area contributed by atoms with Crippen LogP contribution in [0.4, 0.5) is 0 Å². The molecule has 0 aliphatic heterocycles. The van der Waals surface area contributed by atoms with E-state index in [-0.39, 0.29) is 11.5 Å². The van der Waals surface area contributed by atoms with E-state index in [1.165, 1.54) is 25.7 Å². The fraction of sp³-hybridized carbons (Fsp3) is 1.00. The largest absolute Gasteiger partial charge is 0.393 e. The summed E-state index contributed by atoms with van der Waals surface area (Å²) in [6, 6.07) is 0. The predicted molar refractivity (Wildman–Crippen MR) is 55.5 cm³/mol. The number of aliphatic hydroxyl groups is 1. The van der Waals surface area contributed by atoms with E-state index in [1.807, 2.05) is 0 Å². The Bertz CT molecular complexity index is 149. The summed E-state index contributed by atoms with van der Waals surface area (Å²) in [4.78, 5) is 0. The van der Waals surface area contributed by atoms with E-state index in [2.05, 4.69) is 6.92 Å². The molecule has 0 aromatic rings. The predicted octanol–water partition coefficient (Wildman–Crippen LogP) is 2.06. The van der Waals surface area contributed by atoms with Gasteiger partial charge in [-0.3, -0.25) is 0 Å². The molecule has 2 heteroatoms. The van der Waals surface area contributed by atoms with Gasteiger partial charge in [-0.05, 0) is 19.3 Å². The van der Waals surface area contributed by atoms with Crippen LogP contribution in [-0.2, 0) is 0 Å². The minimum atomic E-state index is -0.141. The standard InChI is InChI=1S/C11H23NO/c1-2-3-7-11(9-12)8-5-4-6-10(11)13/h10,13H,2-9,12H2,1H3. The van der Waals surface area contributed by atoms with Crippen LogP contribution >= 0.6 is 0 Å². The first kappa shape index (κ1) is 11.0. The lowest BCUT2D eigenvalue weighted by Crippen LogP contribution is -2.44. The minimum absolute atomic E-state index is 0.0638. The summed E-state index contributed by atoms with van der Waals surface area (Å²) in [6.07, 6.45) is 7.89. The van der Waals surface area contributed by atoms with Gasteiger partial charge in [0.25, 0.3) is 0 Å². The van der Waals surface area contributed by atoms with Crippen molar-refractivity contribution in [2.45, 2.75) is 58.0 Å². The van der Waals surface area contributed by atoms with Crippen molar-refractivity contribution < 1.29 is 5.11 Å². The number of hydrogen-bond donors (Lipinski definition) is 2. The summed E-state index contributed by atoms with van der Waals surface area (Å²) in [6.45, 7) is 2.85. The van der Waals surface area contributed by atoms with Gasteiger partial charge in [-0.25, -0.2) is 0 Å². The van der Waals surface area contributed by atoms with Gasteiger partial charge in [-0.15, -0.1) is 0 Å². The molecule has 0 aromatic heterocycles. The maximum Gasteiger partial charge on any atom is 0.0608 e. The molecule has 78 valence electrons. The molecule has 0 radical (unpaired) electrons. The normalized spacial score (nSPS) is 34.8. The second-order valence-corrected chi connectivity index (χ2v) is 4.43. The molecular weight excluding hydrogens is 162 g/mol. The van der Waals surface area contributed by atoms with Crippen molar-refractivity contribution in [3.05, 3.63) is 0 Å². The first-order valence-corrected chi connectivity index (χ1v) is 5.63. The zero-order valence-electron chi connectivity index (χ0n) is 8.76. The van der Waals surface area contributed by atoms with Crippen molar-refractivity contribution >= 4 is 0 Å². The van der Waals surface area contributed by atoms with Crippen LogP contribution in [0.25, 0.3) is 0 Å². The summed E-state index contributed by atoms with van der Waals surface area (Å²) in [5, 5.41) is 9.97. The van der Waals surface area contributed by atoms with Crippen LogP contribution in [0.3, 0.4) is 0 Å². The van der Waals surface area contributed by atoms with Gasteiger partial charge in [-0.2, -0.15) is 0 Å². The Morgan fingerprint density at radius 1 is 1.46 bits per heavy atom. The highest BCUT2D eigenvalue weighted by Gasteiger charge is 2.37. The number of unbranched alkanes of at least 4 members (excludes halogenated alkanes) is 1. The van der Waals surface area contributed by atoms with Gasteiger partial charge in [0.15, 0.2) is 0 Å². The van der Waals surface area contributed by atoms with Crippen LogP contribution < -0.4 is 5.73 Å². The van der Waals surface area contributed by atoms with Crippen molar-refractivity contribution in [3.8, 4) is 0 Å². The Hall–Kier alpha value is -0.0800. The molecule has 13 heavy (non-hydrogen) atoms. The molecule has 2 nitrogen and oxygen atoms in total. The Morgan fingerprint density at radius 3 is 2.77 bits per heavy atom. The molecule has 1 aliphatic rings. The summed E-state index contributed by atoms with van der Waals surface area (Å²) in [5.41, 5.74) is 5.87. The number of aliphatic hydroxyl groups excluding tert-OH is 1. The molecule has 1 rings (SSSR count). The third kappa shape index (κ3) is 2.44. The lowest BCUT2D eigenvalue weighted by atomic mass is 9.69. The van der Waals surface area contributed by atoms with Crippen molar-refractivity contribution in [2.75, 3.05) is 6.54 Å². The Balaban J connectivity index is 2.53. The van der Waals surface area contributed by atoms with E-state index in [0.29, 0.717) is 6.54 Å². The van der Waals surface area contributed by atoms with E-state index < -0.39 is 0 Å². The van der Waals surface area contributed by atoms with Gasteiger partial charge in [0.05, 0.1) is 6.10 Å². The second-order valence-electron chi connectivity index (χ2n) is 4.43. The molecule has 0 amide bonds. The first-order chi connectivity index (χ1) is 6.25. The van der Waals surface area contributed by atoms with Gasteiger partial charge in [-0.1, -0.05) is 32.6 Å². The van der Waals surface area contributed by atoms with Crippen molar-refractivity contribution in [1.82, 2.24) is 0 Å². The average Bonchev–Trinajstić information content (AvgIpc) is 2.17. The van der Waals surface area contributed by atoms with Gasteiger partial charge in [0, 0.05) is 12.0 Å². The van der Waals surface area contributed by atoms with Gasteiger partial charge >= 0.3 is 0 Å². The molecule has 1 saturated carbocycles. The zero-order valence-corrected chi connectivity index (χ0v) is 8.76. The molecule has 0 spiro atoms. The fourth-order valence-electron chi connectivity index (χ4n) is 2.45. The number of hydrogen-bond acceptors (Lipinski definition) is 2. The molecule has 2 atom stereocenters. The topological polar surface area (TPSA) is 46.2 Å². The van der Waals surface area contributed by atoms with E-state index in [1.54, 1.807) is 0 Å². The van der Waals surface area contributed by atoms with Crippen LogP contribution in [0, 0.1) is 5.41 Å². The molecule has 0 bridgehead atoms. The molecule has 3 N–H and O–H groups in total. The van der Waals surface area contributed by atoms with E-state index >= 15 is 0 Å². The maximum absolute atomic E-state index is 9.97. The second kappa shape index (κ2) is 4.97. The monoisotopic (exact) mass is 185 g/mol. The van der Waals surface area contributed by atoms with E-state index in [4.69, 9.17) is 5.73 Å². The Labute approximate surface area is 81.5 Å². The number of nitrogens with two attached hydrogens (primary N) is 1. The first-order valence-electron chi connectivity index (χ1n) is 5.63. The van der Waals surface area contributed by atoms with Crippen LogP contribution in [0.1, 0.15) is 51.9 Å². The fourth-order valence-corrected chi connectivity index (χ4v) is 2.45. The van der Waals surface area contributed by atoms with Crippen LogP contribution in [0.15, 0.2) is 0 Å². The van der Waals surface area contributed by atoms with Crippen LogP contribution in [0.2, 0.25) is 0 Å². The van der Waals surface area contributed by atoms with Gasteiger partial charge < -0.3 is 10.8 Å². The van der Waals surface area contributed by atoms with Crippen molar-refractivity contribution in [1.29, 1.82) is 0 Å². The summed E-state index contributed by atoms with van der Waals surface area (Å²) < 4.78 is 0. The van der Waals surface area contributed by atoms with Crippen LogP contribution in [0.5, 0.6) is 0 Å². The van der Waals surface area contributed by atoms with Gasteiger partial charge in [0.1, 0.15) is 0 Å². The SMILES string of the molecule is CCCCC1(CN)CCCCC1O. The average molecular weight is 185 g/mol. The Morgan fingerprint density at radius 2 is 2.23 bits per heavy atom. The highest BCUT2D eigenvalue weighted by molar-refractivity contribution is 4.90. The zero-order chi connectivity index (χ0) is 9.73. The molecule has 1 fully saturated rings. The smallest absolute Gasteiger partial charge is 0.0608 e. The van der Waals surface area contributed by atoms with Crippen molar-refractivity contribution in [2.24, 2.45) is 11.1 Å². The van der Waals surface area contributed by atoms with E-state index in [0.717, 1.165) is 19.3 Å². The molecular formula is C11H23NO. The molecule has 0 heterocycles. The quantitative estimate of drug-likeness (QED) is 0.704.